The van der Waals surface area contributed by atoms with Crippen molar-refractivity contribution in [3.63, 3.8) is 0 Å². The number of carbonyl (C=O) groups is 1. The quantitative estimate of drug-likeness (QED) is 0.165. The predicted octanol–water partition coefficient (Wildman–Crippen LogP) is 6.86. The maximum atomic E-state index is 12.1. The maximum Gasteiger partial charge on any atom is 0.342 e. The largest absolute Gasteiger partial charge is 0.497 e. The number of nitrogens with zero attached hydrogens (tertiary/aromatic N) is 2. The summed E-state index contributed by atoms with van der Waals surface area (Å²) in [7, 11) is 3.06. The molecule has 8 nitrogen and oxygen atoms in total. The monoisotopic (exact) mass is 558 g/mol. The van der Waals surface area contributed by atoms with Crippen molar-refractivity contribution in [3.8, 4) is 28.7 Å². The van der Waals surface area contributed by atoms with Crippen LogP contribution in [0.3, 0.4) is 0 Å². The van der Waals surface area contributed by atoms with Crippen LogP contribution < -0.4 is 14.2 Å². The lowest BCUT2D eigenvalue weighted by atomic mass is 10.2. The van der Waals surface area contributed by atoms with Gasteiger partial charge in [0.1, 0.15) is 28.8 Å². The van der Waals surface area contributed by atoms with Gasteiger partial charge in [0.05, 0.1) is 14.2 Å². The van der Waals surface area contributed by atoms with E-state index in [1.54, 1.807) is 42.5 Å². The van der Waals surface area contributed by atoms with E-state index in [4.69, 9.17) is 41.8 Å². The summed E-state index contributed by atoms with van der Waals surface area (Å²) in [5, 5.41) is 18.9. The number of aromatic nitrogens is 2. The maximum absolute atomic E-state index is 12.1. The number of carboxylic acids is 1. The Kier molecular flexibility index (Phi) is 8.60. The SMILES string of the molecule is COc1cc(OC)cc(-c2nnc(S/C(=C\c3cc(Cl)ccc3OCc3ccccc3Cl)C(=O)O)o2)c1. The Morgan fingerprint density at radius 3 is 2.43 bits per heavy atom. The molecule has 3 aromatic carbocycles. The molecule has 1 heterocycles. The number of benzene rings is 3. The normalized spacial score (nSPS) is 11.3. The van der Waals surface area contributed by atoms with Gasteiger partial charge in [0.25, 0.3) is 5.22 Å². The third-order valence-electron chi connectivity index (χ3n) is 5.01. The number of ether oxygens (including phenoxy) is 3. The van der Waals surface area contributed by atoms with Gasteiger partial charge in [0.2, 0.25) is 5.89 Å². The standard InChI is InChI=1S/C26H20Cl2N2O6S/c1-33-19-10-17(11-20(13-19)34-2)24-29-30-26(36-24)37-23(25(31)32)12-16-9-18(27)7-8-22(16)35-14-15-5-3-4-6-21(15)28/h3-13H,14H2,1-2H3,(H,31,32)/b23-12-. The molecule has 0 aliphatic rings. The smallest absolute Gasteiger partial charge is 0.342 e. The average molecular weight is 559 g/mol. The zero-order valence-corrected chi connectivity index (χ0v) is 21.9. The molecule has 1 N–H and O–H groups in total. The van der Waals surface area contributed by atoms with E-state index < -0.39 is 5.97 Å². The van der Waals surface area contributed by atoms with Crippen molar-refractivity contribution in [1.82, 2.24) is 10.2 Å². The molecule has 0 saturated heterocycles. The number of methoxy groups -OCH3 is 2. The second kappa shape index (κ2) is 12.1. The summed E-state index contributed by atoms with van der Waals surface area (Å²) < 4.78 is 22.2. The van der Waals surface area contributed by atoms with Crippen LogP contribution >= 0.6 is 35.0 Å². The van der Waals surface area contributed by atoms with Crippen LogP contribution in [0.5, 0.6) is 17.2 Å². The highest BCUT2D eigenvalue weighted by atomic mass is 35.5. The molecule has 0 aliphatic carbocycles. The Balaban J connectivity index is 1.60. The Morgan fingerprint density at radius 1 is 1.03 bits per heavy atom. The Bertz CT molecular complexity index is 1430. The summed E-state index contributed by atoms with van der Waals surface area (Å²) in [6.45, 7) is 0.189. The fourth-order valence-corrected chi connectivity index (χ4v) is 4.24. The van der Waals surface area contributed by atoms with Crippen LogP contribution in [-0.4, -0.2) is 35.5 Å². The van der Waals surface area contributed by atoms with Crippen LogP contribution in [0.2, 0.25) is 10.0 Å². The lowest BCUT2D eigenvalue weighted by Crippen LogP contribution is -2.00. The van der Waals surface area contributed by atoms with Crippen molar-refractivity contribution in [1.29, 1.82) is 0 Å². The van der Waals surface area contributed by atoms with Crippen molar-refractivity contribution < 1.29 is 28.5 Å². The van der Waals surface area contributed by atoms with Crippen molar-refractivity contribution in [3.05, 3.63) is 86.7 Å². The van der Waals surface area contributed by atoms with Crippen molar-refractivity contribution in [2.45, 2.75) is 11.8 Å². The van der Waals surface area contributed by atoms with E-state index in [-0.39, 0.29) is 22.6 Å². The molecule has 4 rings (SSSR count). The van der Waals surface area contributed by atoms with Crippen LogP contribution in [0, 0.1) is 0 Å². The molecule has 0 unspecified atom stereocenters. The molecule has 0 fully saturated rings. The highest BCUT2D eigenvalue weighted by molar-refractivity contribution is 8.03. The van der Waals surface area contributed by atoms with Crippen molar-refractivity contribution in [2.75, 3.05) is 14.2 Å². The first kappa shape index (κ1) is 26.4. The van der Waals surface area contributed by atoms with Gasteiger partial charge in [-0.2, -0.15) is 0 Å². The highest BCUT2D eigenvalue weighted by Crippen LogP contribution is 2.35. The second-order valence-electron chi connectivity index (χ2n) is 7.45. The second-order valence-corrected chi connectivity index (χ2v) is 9.29. The van der Waals surface area contributed by atoms with E-state index in [1.807, 2.05) is 18.2 Å². The minimum Gasteiger partial charge on any atom is -0.497 e. The predicted molar refractivity (Wildman–Crippen MR) is 142 cm³/mol. The van der Waals surface area contributed by atoms with Crippen molar-refractivity contribution in [2.24, 2.45) is 0 Å². The van der Waals surface area contributed by atoms with Gasteiger partial charge in [-0.1, -0.05) is 41.4 Å². The number of thioether (sulfide) groups is 1. The molecule has 0 spiro atoms. The topological polar surface area (TPSA) is 104 Å². The van der Waals surface area contributed by atoms with E-state index in [0.717, 1.165) is 17.3 Å². The van der Waals surface area contributed by atoms with E-state index in [9.17, 15) is 9.90 Å². The fraction of sp³-hybridized carbons (Fsp3) is 0.115. The number of halogens is 2. The first-order valence-electron chi connectivity index (χ1n) is 10.7. The summed E-state index contributed by atoms with van der Waals surface area (Å²) in [5.41, 5.74) is 1.80. The van der Waals surface area contributed by atoms with E-state index >= 15 is 0 Å². The van der Waals surface area contributed by atoms with Gasteiger partial charge in [0.15, 0.2) is 0 Å². The molecule has 0 bridgehead atoms. The number of aliphatic carboxylic acids is 1. The summed E-state index contributed by atoms with van der Waals surface area (Å²) in [5.74, 6) is 0.496. The zero-order valence-electron chi connectivity index (χ0n) is 19.6. The molecule has 0 radical (unpaired) electrons. The Hall–Kier alpha value is -3.66. The van der Waals surface area contributed by atoms with Crippen LogP contribution in [0.15, 0.2) is 75.2 Å². The van der Waals surface area contributed by atoms with Gasteiger partial charge in [-0.3, -0.25) is 0 Å². The highest BCUT2D eigenvalue weighted by Gasteiger charge is 2.18. The molecule has 0 saturated carbocycles. The molecule has 4 aromatic rings. The molecular formula is C26H20Cl2N2O6S. The Labute approximate surface area is 226 Å². The van der Waals surface area contributed by atoms with Crippen LogP contribution in [0.1, 0.15) is 11.1 Å². The van der Waals surface area contributed by atoms with E-state index in [1.165, 1.54) is 20.3 Å². The van der Waals surface area contributed by atoms with Gasteiger partial charge in [-0.05, 0) is 54.2 Å². The van der Waals surface area contributed by atoms with Crippen LogP contribution in [0.25, 0.3) is 17.5 Å². The van der Waals surface area contributed by atoms with Gasteiger partial charge in [-0.25, -0.2) is 4.79 Å². The molecule has 1 aromatic heterocycles. The molecule has 0 amide bonds. The fourth-order valence-electron chi connectivity index (χ4n) is 3.20. The molecular weight excluding hydrogens is 539 g/mol. The Morgan fingerprint density at radius 2 is 1.76 bits per heavy atom. The minimum absolute atomic E-state index is 0.0333. The van der Waals surface area contributed by atoms with Gasteiger partial charge in [0, 0.05) is 32.8 Å². The first-order valence-corrected chi connectivity index (χ1v) is 12.3. The first-order chi connectivity index (χ1) is 17.9. The van der Waals surface area contributed by atoms with Gasteiger partial charge >= 0.3 is 5.97 Å². The number of rotatable bonds is 10. The lowest BCUT2D eigenvalue weighted by Gasteiger charge is -2.11. The van der Waals surface area contributed by atoms with Gasteiger partial charge < -0.3 is 23.7 Å². The van der Waals surface area contributed by atoms with Crippen molar-refractivity contribution >= 4 is 47.0 Å². The van der Waals surface area contributed by atoms with E-state index in [2.05, 4.69) is 10.2 Å². The summed E-state index contributed by atoms with van der Waals surface area (Å²) >= 11 is 13.2. The number of hydrogen-bond donors (Lipinski definition) is 1. The third kappa shape index (κ3) is 6.76. The summed E-state index contributed by atoms with van der Waals surface area (Å²) in [6, 6.07) is 17.3. The summed E-state index contributed by atoms with van der Waals surface area (Å²) in [4.78, 5) is 12.0. The third-order valence-corrected chi connectivity index (χ3v) is 6.47. The summed E-state index contributed by atoms with van der Waals surface area (Å²) in [6.07, 6.45) is 1.43. The van der Waals surface area contributed by atoms with Gasteiger partial charge in [-0.15, -0.1) is 10.2 Å². The lowest BCUT2D eigenvalue weighted by molar-refractivity contribution is -0.131. The molecule has 190 valence electrons. The zero-order chi connectivity index (χ0) is 26.4. The average Bonchev–Trinajstić information content (AvgIpc) is 3.37. The van der Waals surface area contributed by atoms with E-state index in [0.29, 0.717) is 38.4 Å². The molecule has 11 heteroatoms. The van der Waals surface area contributed by atoms with Crippen LogP contribution in [-0.2, 0) is 11.4 Å². The van der Waals surface area contributed by atoms with Crippen LogP contribution in [0.4, 0.5) is 0 Å². The minimum atomic E-state index is -1.19. The molecule has 0 atom stereocenters. The number of carboxylic acid groups (broad SMARTS) is 1. The number of hydrogen-bond acceptors (Lipinski definition) is 8. The molecule has 0 aliphatic heterocycles. The molecule has 37 heavy (non-hydrogen) atoms.